The van der Waals surface area contributed by atoms with Crippen molar-refractivity contribution in [3.8, 4) is 0 Å². The van der Waals surface area contributed by atoms with E-state index in [-0.39, 0.29) is 24.2 Å². The van der Waals surface area contributed by atoms with Gasteiger partial charge in [-0.05, 0) is 32.4 Å². The van der Waals surface area contributed by atoms with E-state index in [1.807, 2.05) is 37.6 Å². The predicted molar refractivity (Wildman–Crippen MR) is 83.6 cm³/mol. The Morgan fingerprint density at radius 2 is 2.23 bits per heavy atom. The smallest absolute Gasteiger partial charge is 0.315 e. The van der Waals surface area contributed by atoms with Crippen LogP contribution in [0.3, 0.4) is 0 Å². The molecule has 2 amide bonds. The van der Waals surface area contributed by atoms with E-state index in [2.05, 4.69) is 20.6 Å². The third kappa shape index (κ3) is 4.21. The second-order valence-corrected chi connectivity index (χ2v) is 5.43. The highest BCUT2D eigenvalue weighted by atomic mass is 16.2. The Hall–Kier alpha value is -2.57. The molecule has 0 aromatic carbocycles. The van der Waals surface area contributed by atoms with Crippen LogP contribution in [0.4, 0.5) is 4.79 Å². The van der Waals surface area contributed by atoms with Crippen molar-refractivity contribution in [3.63, 3.8) is 0 Å². The van der Waals surface area contributed by atoms with E-state index in [1.54, 1.807) is 12.5 Å². The van der Waals surface area contributed by atoms with Crippen molar-refractivity contribution in [1.82, 2.24) is 25.2 Å². The lowest BCUT2D eigenvalue weighted by molar-refractivity contribution is 0.236. The standard InChI is InChI=1S/C15H21N5O2/c1-10-6-11(2)18-14(21)13(10)7-17-15(22)19-12(3)8-20-5-4-16-9-20/h4-6,9,12H,7-8H2,1-3H3,(H,18,21)(H2,17,19,22)/t12-/m0/s1. The van der Waals surface area contributed by atoms with E-state index in [1.165, 1.54) is 0 Å². The predicted octanol–water partition coefficient (Wildman–Crippen LogP) is 1.08. The molecule has 7 nitrogen and oxygen atoms in total. The number of H-pyrrole nitrogens is 1. The average molecular weight is 303 g/mol. The number of rotatable bonds is 5. The quantitative estimate of drug-likeness (QED) is 0.771. The van der Waals surface area contributed by atoms with Crippen molar-refractivity contribution in [1.29, 1.82) is 0 Å². The molecule has 0 aliphatic rings. The van der Waals surface area contributed by atoms with E-state index < -0.39 is 0 Å². The summed E-state index contributed by atoms with van der Waals surface area (Å²) in [6.45, 7) is 6.43. The largest absolute Gasteiger partial charge is 0.335 e. The van der Waals surface area contributed by atoms with E-state index >= 15 is 0 Å². The Kier molecular flexibility index (Phi) is 4.98. The minimum atomic E-state index is -0.299. The van der Waals surface area contributed by atoms with Crippen LogP contribution in [0.15, 0.2) is 29.6 Å². The fourth-order valence-electron chi connectivity index (χ4n) is 2.30. The lowest BCUT2D eigenvalue weighted by Gasteiger charge is -2.15. The van der Waals surface area contributed by atoms with Gasteiger partial charge in [0, 0.05) is 36.2 Å². The van der Waals surface area contributed by atoms with Crippen molar-refractivity contribution in [2.24, 2.45) is 0 Å². The second kappa shape index (κ2) is 6.93. The number of nitrogens with one attached hydrogen (secondary N) is 3. The number of hydrogen-bond acceptors (Lipinski definition) is 3. The highest BCUT2D eigenvalue weighted by Gasteiger charge is 2.10. The fourth-order valence-corrected chi connectivity index (χ4v) is 2.30. The lowest BCUT2D eigenvalue weighted by Crippen LogP contribution is -2.42. The van der Waals surface area contributed by atoms with Crippen LogP contribution in [0.2, 0.25) is 0 Å². The van der Waals surface area contributed by atoms with Gasteiger partial charge in [0.1, 0.15) is 0 Å². The normalized spacial score (nSPS) is 12.0. The molecular weight excluding hydrogens is 282 g/mol. The molecule has 0 saturated carbocycles. The lowest BCUT2D eigenvalue weighted by atomic mass is 10.1. The van der Waals surface area contributed by atoms with Gasteiger partial charge in [0.05, 0.1) is 12.9 Å². The summed E-state index contributed by atoms with van der Waals surface area (Å²) >= 11 is 0. The number of carbonyl (C=O) groups excluding carboxylic acids is 1. The Morgan fingerprint density at radius 1 is 1.45 bits per heavy atom. The summed E-state index contributed by atoms with van der Waals surface area (Å²) in [7, 11) is 0. The number of nitrogens with zero attached hydrogens (tertiary/aromatic N) is 2. The second-order valence-electron chi connectivity index (χ2n) is 5.43. The van der Waals surface area contributed by atoms with E-state index in [9.17, 15) is 9.59 Å². The van der Waals surface area contributed by atoms with Crippen LogP contribution >= 0.6 is 0 Å². The molecular formula is C15H21N5O2. The summed E-state index contributed by atoms with van der Waals surface area (Å²) in [6.07, 6.45) is 5.23. The van der Waals surface area contributed by atoms with Gasteiger partial charge in [0.2, 0.25) is 0 Å². The van der Waals surface area contributed by atoms with Crippen LogP contribution < -0.4 is 16.2 Å². The Morgan fingerprint density at radius 3 is 2.86 bits per heavy atom. The summed E-state index contributed by atoms with van der Waals surface area (Å²) in [6, 6.07) is 1.54. The third-order valence-corrected chi connectivity index (χ3v) is 3.34. The number of urea groups is 1. The molecule has 0 unspecified atom stereocenters. The molecule has 7 heteroatoms. The van der Waals surface area contributed by atoms with Crippen LogP contribution in [-0.2, 0) is 13.1 Å². The zero-order chi connectivity index (χ0) is 16.1. The zero-order valence-corrected chi connectivity index (χ0v) is 13.0. The van der Waals surface area contributed by atoms with Gasteiger partial charge in [0.15, 0.2) is 0 Å². The fraction of sp³-hybridized carbons (Fsp3) is 0.400. The molecule has 2 aromatic heterocycles. The highest BCUT2D eigenvalue weighted by molar-refractivity contribution is 5.74. The molecule has 1 atom stereocenters. The Labute approximate surface area is 128 Å². The van der Waals surface area contributed by atoms with Crippen molar-refractivity contribution in [2.45, 2.75) is 39.9 Å². The van der Waals surface area contributed by atoms with Gasteiger partial charge in [-0.25, -0.2) is 9.78 Å². The molecule has 0 bridgehead atoms. The van der Waals surface area contributed by atoms with Crippen molar-refractivity contribution in [3.05, 3.63) is 52.0 Å². The monoisotopic (exact) mass is 303 g/mol. The number of aromatic amines is 1. The summed E-state index contributed by atoms with van der Waals surface area (Å²) in [4.78, 5) is 30.4. The average Bonchev–Trinajstić information content (AvgIpc) is 2.89. The molecule has 118 valence electrons. The third-order valence-electron chi connectivity index (χ3n) is 3.34. The molecule has 0 saturated heterocycles. The summed E-state index contributed by atoms with van der Waals surface area (Å²) in [5.74, 6) is 0. The number of pyridine rings is 1. The van der Waals surface area contributed by atoms with Gasteiger partial charge in [0.25, 0.3) is 5.56 Å². The van der Waals surface area contributed by atoms with Crippen LogP contribution in [0.1, 0.15) is 23.7 Å². The van der Waals surface area contributed by atoms with Crippen LogP contribution in [0.25, 0.3) is 0 Å². The minimum Gasteiger partial charge on any atom is -0.335 e. The van der Waals surface area contributed by atoms with Gasteiger partial charge < -0.3 is 20.2 Å². The van der Waals surface area contributed by atoms with Gasteiger partial charge in [-0.2, -0.15) is 0 Å². The SMILES string of the molecule is Cc1cc(C)c(CNC(=O)N[C@@H](C)Cn2ccnc2)c(=O)[nH]1. The summed E-state index contributed by atoms with van der Waals surface area (Å²) in [5, 5.41) is 5.54. The van der Waals surface area contributed by atoms with Crippen molar-refractivity contribution in [2.75, 3.05) is 0 Å². The topological polar surface area (TPSA) is 91.8 Å². The molecule has 0 aliphatic carbocycles. The zero-order valence-electron chi connectivity index (χ0n) is 13.0. The van der Waals surface area contributed by atoms with Gasteiger partial charge in [-0.3, -0.25) is 4.79 Å². The number of hydrogen-bond donors (Lipinski definition) is 3. The highest BCUT2D eigenvalue weighted by Crippen LogP contribution is 2.02. The van der Waals surface area contributed by atoms with Gasteiger partial charge in [-0.15, -0.1) is 0 Å². The molecule has 2 rings (SSSR count). The maximum Gasteiger partial charge on any atom is 0.315 e. The Balaban J connectivity index is 1.86. The summed E-state index contributed by atoms with van der Waals surface area (Å²) in [5.41, 5.74) is 2.09. The summed E-state index contributed by atoms with van der Waals surface area (Å²) < 4.78 is 1.89. The van der Waals surface area contributed by atoms with Crippen molar-refractivity contribution >= 4 is 6.03 Å². The molecule has 0 radical (unpaired) electrons. The molecule has 0 spiro atoms. The van der Waals surface area contributed by atoms with Crippen LogP contribution in [0, 0.1) is 13.8 Å². The number of carbonyl (C=O) groups is 1. The van der Waals surface area contributed by atoms with Gasteiger partial charge >= 0.3 is 6.03 Å². The molecule has 2 heterocycles. The first-order chi connectivity index (χ1) is 10.5. The molecule has 0 aliphatic heterocycles. The van der Waals surface area contributed by atoms with Crippen LogP contribution in [-0.4, -0.2) is 26.6 Å². The van der Waals surface area contributed by atoms with E-state index in [4.69, 9.17) is 0 Å². The minimum absolute atomic E-state index is 0.0494. The Bertz CT molecular complexity index is 690. The van der Waals surface area contributed by atoms with Crippen LogP contribution in [0.5, 0.6) is 0 Å². The van der Waals surface area contributed by atoms with E-state index in [0.717, 1.165) is 11.3 Å². The van der Waals surface area contributed by atoms with E-state index in [0.29, 0.717) is 12.1 Å². The molecule has 22 heavy (non-hydrogen) atoms. The first-order valence-electron chi connectivity index (χ1n) is 7.15. The number of imidazole rings is 1. The molecule has 3 N–H and O–H groups in total. The van der Waals surface area contributed by atoms with Gasteiger partial charge in [-0.1, -0.05) is 0 Å². The number of amides is 2. The molecule has 0 fully saturated rings. The van der Waals surface area contributed by atoms with Crippen molar-refractivity contribution < 1.29 is 4.79 Å². The number of aromatic nitrogens is 3. The maximum absolute atomic E-state index is 11.9. The molecule has 2 aromatic rings. The first kappa shape index (κ1) is 15.8. The number of aryl methyl sites for hydroxylation is 2. The maximum atomic E-state index is 11.9. The first-order valence-corrected chi connectivity index (χ1v) is 7.15.